The van der Waals surface area contributed by atoms with Gasteiger partial charge in [0, 0.05) is 22.7 Å². The number of phenolic OH excluding ortho intramolecular Hbond substituents is 1. The number of nitrogens with one attached hydrogen (secondary N) is 2. The maximum Gasteiger partial charge on any atom is 0.358 e. The summed E-state index contributed by atoms with van der Waals surface area (Å²) in [5.41, 5.74) is 0.980. The Kier molecular flexibility index (Phi) is 2.06. The Bertz CT molecular complexity index is 744. The van der Waals surface area contributed by atoms with Crippen molar-refractivity contribution in [3.8, 4) is 17.0 Å². The first-order valence-electron chi connectivity index (χ1n) is 5.12. The number of carbonyl (C=O) groups is 1. The standard InChI is InChI=1S/C11H8N4O3/c16-10-5-3-4-12-7(5)2-1-6(10)8-9(11(17)18)14-15-13-8/h1-4,12,16H,(H,17,18)(H,13,14,15). The summed E-state index contributed by atoms with van der Waals surface area (Å²) in [6.07, 6.45) is 1.69. The van der Waals surface area contributed by atoms with Gasteiger partial charge in [-0.2, -0.15) is 10.3 Å². The number of aromatic carboxylic acids is 1. The van der Waals surface area contributed by atoms with Gasteiger partial charge in [-0.15, -0.1) is 5.10 Å². The molecular formula is C11H8N4O3. The monoisotopic (exact) mass is 244 g/mol. The van der Waals surface area contributed by atoms with E-state index in [0.29, 0.717) is 10.9 Å². The Hall–Kier alpha value is -2.83. The number of nitrogens with zero attached hydrogens (tertiary/aromatic N) is 2. The first-order chi connectivity index (χ1) is 8.68. The number of carboxylic acid groups (broad SMARTS) is 1. The minimum atomic E-state index is -1.20. The number of carboxylic acids is 1. The van der Waals surface area contributed by atoms with Crippen molar-refractivity contribution in [2.45, 2.75) is 0 Å². The summed E-state index contributed by atoms with van der Waals surface area (Å²) >= 11 is 0. The molecule has 0 atom stereocenters. The van der Waals surface area contributed by atoms with Crippen molar-refractivity contribution in [1.29, 1.82) is 0 Å². The SMILES string of the molecule is O=C(O)c1n[nH]nc1-c1ccc2[nH]ccc2c1O. The van der Waals surface area contributed by atoms with E-state index in [2.05, 4.69) is 20.4 Å². The Balaban J connectivity index is 2.28. The van der Waals surface area contributed by atoms with Crippen molar-refractivity contribution in [3.63, 3.8) is 0 Å². The van der Waals surface area contributed by atoms with Crippen LogP contribution in [0.4, 0.5) is 0 Å². The highest BCUT2D eigenvalue weighted by molar-refractivity contribution is 5.98. The third kappa shape index (κ3) is 1.34. The number of aromatic nitrogens is 4. The van der Waals surface area contributed by atoms with Gasteiger partial charge in [-0.05, 0) is 18.2 Å². The van der Waals surface area contributed by atoms with E-state index in [-0.39, 0.29) is 17.1 Å². The number of hydrogen-bond donors (Lipinski definition) is 4. The van der Waals surface area contributed by atoms with E-state index in [1.165, 1.54) is 0 Å². The lowest BCUT2D eigenvalue weighted by molar-refractivity contribution is 0.0691. The molecule has 3 aromatic rings. The Morgan fingerprint density at radius 2 is 2.06 bits per heavy atom. The summed E-state index contributed by atoms with van der Waals surface area (Å²) in [6, 6.07) is 5.04. The lowest BCUT2D eigenvalue weighted by atomic mass is 10.1. The van der Waals surface area contributed by atoms with Gasteiger partial charge >= 0.3 is 5.97 Å². The second-order valence-electron chi connectivity index (χ2n) is 3.73. The van der Waals surface area contributed by atoms with Crippen molar-refractivity contribution in [2.75, 3.05) is 0 Å². The number of H-pyrrole nitrogens is 2. The molecule has 1 aromatic carbocycles. The summed E-state index contributed by atoms with van der Waals surface area (Å²) in [5, 5.41) is 29.3. The van der Waals surface area contributed by atoms with Gasteiger partial charge in [0.05, 0.1) is 0 Å². The molecule has 2 heterocycles. The van der Waals surface area contributed by atoms with Gasteiger partial charge in [-0.3, -0.25) is 0 Å². The van der Waals surface area contributed by atoms with Gasteiger partial charge < -0.3 is 15.2 Å². The van der Waals surface area contributed by atoms with Crippen LogP contribution in [0.5, 0.6) is 5.75 Å². The van der Waals surface area contributed by atoms with Crippen LogP contribution < -0.4 is 0 Å². The second kappa shape index (κ2) is 3.59. The van der Waals surface area contributed by atoms with Crippen molar-refractivity contribution in [3.05, 3.63) is 30.1 Å². The predicted octanol–water partition coefficient (Wildman–Crippen LogP) is 1.36. The van der Waals surface area contributed by atoms with Crippen LogP contribution in [0.15, 0.2) is 24.4 Å². The van der Waals surface area contributed by atoms with E-state index in [9.17, 15) is 9.90 Å². The molecule has 0 spiro atoms. The second-order valence-corrected chi connectivity index (χ2v) is 3.73. The van der Waals surface area contributed by atoms with Crippen LogP contribution >= 0.6 is 0 Å². The van der Waals surface area contributed by atoms with E-state index in [1.807, 2.05) is 0 Å². The van der Waals surface area contributed by atoms with Gasteiger partial charge in [0.25, 0.3) is 0 Å². The molecule has 0 aliphatic rings. The highest BCUT2D eigenvalue weighted by Gasteiger charge is 2.20. The molecule has 7 nitrogen and oxygen atoms in total. The van der Waals surface area contributed by atoms with Crippen LogP contribution in [-0.2, 0) is 0 Å². The van der Waals surface area contributed by atoms with Gasteiger partial charge in [0.1, 0.15) is 11.4 Å². The molecule has 4 N–H and O–H groups in total. The molecule has 3 rings (SSSR count). The first-order valence-corrected chi connectivity index (χ1v) is 5.12. The van der Waals surface area contributed by atoms with E-state index in [0.717, 1.165) is 5.52 Å². The molecule has 0 amide bonds. The molecule has 90 valence electrons. The zero-order chi connectivity index (χ0) is 12.7. The van der Waals surface area contributed by atoms with Gasteiger partial charge in [0.2, 0.25) is 0 Å². The fourth-order valence-corrected chi connectivity index (χ4v) is 1.88. The summed E-state index contributed by atoms with van der Waals surface area (Å²) in [4.78, 5) is 13.9. The van der Waals surface area contributed by atoms with E-state index in [4.69, 9.17) is 5.11 Å². The van der Waals surface area contributed by atoms with Crippen molar-refractivity contribution >= 4 is 16.9 Å². The van der Waals surface area contributed by atoms with Gasteiger partial charge in [-0.1, -0.05) is 0 Å². The highest BCUT2D eigenvalue weighted by atomic mass is 16.4. The van der Waals surface area contributed by atoms with Crippen molar-refractivity contribution in [1.82, 2.24) is 20.4 Å². The normalized spacial score (nSPS) is 10.9. The molecule has 0 aliphatic carbocycles. The molecule has 0 saturated heterocycles. The van der Waals surface area contributed by atoms with Crippen LogP contribution in [-0.4, -0.2) is 36.6 Å². The maximum absolute atomic E-state index is 11.0. The lowest BCUT2D eigenvalue weighted by Gasteiger charge is -2.03. The average molecular weight is 244 g/mol. The Labute approximate surface area is 100 Å². The molecule has 0 fully saturated rings. The van der Waals surface area contributed by atoms with Crippen LogP contribution in [0.1, 0.15) is 10.5 Å². The minimum absolute atomic E-state index is 0.0230. The van der Waals surface area contributed by atoms with E-state index < -0.39 is 5.97 Å². The van der Waals surface area contributed by atoms with Crippen LogP contribution in [0, 0.1) is 0 Å². The van der Waals surface area contributed by atoms with Gasteiger partial charge in [0.15, 0.2) is 5.69 Å². The quantitative estimate of drug-likeness (QED) is 0.543. The minimum Gasteiger partial charge on any atom is -0.507 e. The van der Waals surface area contributed by atoms with E-state index in [1.54, 1.807) is 24.4 Å². The van der Waals surface area contributed by atoms with Crippen LogP contribution in [0.2, 0.25) is 0 Å². The third-order valence-electron chi connectivity index (χ3n) is 2.71. The smallest absolute Gasteiger partial charge is 0.358 e. The summed E-state index contributed by atoms with van der Waals surface area (Å²) in [7, 11) is 0. The van der Waals surface area contributed by atoms with Crippen molar-refractivity contribution in [2.24, 2.45) is 0 Å². The average Bonchev–Trinajstić information content (AvgIpc) is 2.97. The molecule has 18 heavy (non-hydrogen) atoms. The number of aromatic amines is 2. The molecule has 0 saturated carbocycles. The number of fused-ring (bicyclic) bond motifs is 1. The summed E-state index contributed by atoms with van der Waals surface area (Å²) in [5.74, 6) is -1.22. The van der Waals surface area contributed by atoms with Gasteiger partial charge in [-0.25, -0.2) is 4.79 Å². The molecular weight excluding hydrogens is 236 g/mol. The zero-order valence-corrected chi connectivity index (χ0v) is 9.01. The molecule has 0 radical (unpaired) electrons. The van der Waals surface area contributed by atoms with E-state index >= 15 is 0 Å². The third-order valence-corrected chi connectivity index (χ3v) is 2.71. The summed E-state index contributed by atoms with van der Waals surface area (Å²) < 4.78 is 0. The fourth-order valence-electron chi connectivity index (χ4n) is 1.88. The number of rotatable bonds is 2. The molecule has 0 aliphatic heterocycles. The fraction of sp³-hybridized carbons (Fsp3) is 0. The van der Waals surface area contributed by atoms with Crippen LogP contribution in [0.3, 0.4) is 0 Å². The Morgan fingerprint density at radius 3 is 2.83 bits per heavy atom. The first kappa shape index (κ1) is 10.3. The largest absolute Gasteiger partial charge is 0.507 e. The number of phenols is 1. The zero-order valence-electron chi connectivity index (χ0n) is 9.01. The topological polar surface area (TPSA) is 115 Å². The van der Waals surface area contributed by atoms with Crippen LogP contribution in [0.25, 0.3) is 22.2 Å². The maximum atomic E-state index is 11.0. The molecule has 7 heteroatoms. The number of aromatic hydroxyl groups is 1. The van der Waals surface area contributed by atoms with Crippen molar-refractivity contribution < 1.29 is 15.0 Å². The number of hydrogen-bond acceptors (Lipinski definition) is 4. The Morgan fingerprint density at radius 1 is 1.22 bits per heavy atom. The number of benzene rings is 1. The highest BCUT2D eigenvalue weighted by Crippen LogP contribution is 2.35. The molecule has 0 bridgehead atoms. The summed E-state index contributed by atoms with van der Waals surface area (Å²) in [6.45, 7) is 0. The molecule has 0 unspecified atom stereocenters. The predicted molar refractivity (Wildman–Crippen MR) is 62.3 cm³/mol. The molecule has 2 aromatic heterocycles. The lowest BCUT2D eigenvalue weighted by Crippen LogP contribution is -1.99.